The molecule has 110 valence electrons. The number of hydrogen-bond donors (Lipinski definition) is 2. The Morgan fingerprint density at radius 2 is 1.81 bits per heavy atom. The first-order valence-corrected chi connectivity index (χ1v) is 6.82. The Kier molecular flexibility index (Phi) is 4.48. The number of rotatable bonds is 4. The summed E-state index contributed by atoms with van der Waals surface area (Å²) in [6.45, 7) is 5.77. The molecule has 0 aliphatic rings. The van der Waals surface area contributed by atoms with Crippen molar-refractivity contribution in [2.45, 2.75) is 20.8 Å². The van der Waals surface area contributed by atoms with Crippen molar-refractivity contribution in [2.75, 3.05) is 17.7 Å². The van der Waals surface area contributed by atoms with E-state index < -0.39 is 0 Å². The summed E-state index contributed by atoms with van der Waals surface area (Å²) in [5.41, 5.74) is 10.3. The lowest BCUT2D eigenvalue weighted by Gasteiger charge is -2.12. The molecular weight excluding hydrogens is 264 g/mol. The maximum Gasteiger partial charge on any atom is 0.262 e. The van der Waals surface area contributed by atoms with Gasteiger partial charge in [-0.1, -0.05) is 24.3 Å². The van der Waals surface area contributed by atoms with Crippen molar-refractivity contribution >= 4 is 17.3 Å². The highest BCUT2D eigenvalue weighted by atomic mass is 16.5. The Balaban J connectivity index is 1.99. The molecule has 2 rings (SSSR count). The van der Waals surface area contributed by atoms with Crippen LogP contribution in [0.2, 0.25) is 0 Å². The number of nitrogens with two attached hydrogens (primary N) is 1. The molecule has 21 heavy (non-hydrogen) atoms. The molecule has 0 aromatic heterocycles. The summed E-state index contributed by atoms with van der Waals surface area (Å²) in [7, 11) is 0. The highest BCUT2D eigenvalue weighted by molar-refractivity contribution is 5.92. The van der Waals surface area contributed by atoms with Gasteiger partial charge in [-0.2, -0.15) is 0 Å². The van der Waals surface area contributed by atoms with Crippen LogP contribution in [0, 0.1) is 20.8 Å². The Hall–Kier alpha value is -2.49. The quantitative estimate of drug-likeness (QED) is 0.847. The van der Waals surface area contributed by atoms with E-state index in [0.29, 0.717) is 11.4 Å². The molecule has 0 fully saturated rings. The molecule has 2 aromatic rings. The third kappa shape index (κ3) is 3.75. The second kappa shape index (κ2) is 6.31. The minimum Gasteiger partial charge on any atom is -0.483 e. The highest BCUT2D eigenvalue weighted by Gasteiger charge is 2.08. The van der Waals surface area contributed by atoms with Crippen LogP contribution in [0.5, 0.6) is 5.75 Å². The van der Waals surface area contributed by atoms with Gasteiger partial charge in [0.25, 0.3) is 5.91 Å². The normalized spacial score (nSPS) is 10.2. The van der Waals surface area contributed by atoms with Gasteiger partial charge in [-0.05, 0) is 43.5 Å². The summed E-state index contributed by atoms with van der Waals surface area (Å²) < 4.78 is 5.55. The molecule has 4 heteroatoms. The minimum atomic E-state index is -0.192. The van der Waals surface area contributed by atoms with Gasteiger partial charge < -0.3 is 15.8 Å². The number of nitrogen functional groups attached to an aromatic ring is 1. The van der Waals surface area contributed by atoms with Gasteiger partial charge in [0.1, 0.15) is 5.75 Å². The van der Waals surface area contributed by atoms with Crippen LogP contribution in [0.3, 0.4) is 0 Å². The topological polar surface area (TPSA) is 64.3 Å². The Bertz CT molecular complexity index is 666. The molecular formula is C17H20N2O2. The monoisotopic (exact) mass is 284 g/mol. The summed E-state index contributed by atoms with van der Waals surface area (Å²) in [4.78, 5) is 11.9. The number of benzene rings is 2. The van der Waals surface area contributed by atoms with Gasteiger partial charge in [0, 0.05) is 17.4 Å². The van der Waals surface area contributed by atoms with E-state index in [9.17, 15) is 4.79 Å². The number of carbonyl (C=O) groups is 1. The molecule has 0 saturated carbocycles. The first-order chi connectivity index (χ1) is 9.97. The van der Waals surface area contributed by atoms with E-state index in [1.807, 2.05) is 51.1 Å². The maximum atomic E-state index is 11.9. The van der Waals surface area contributed by atoms with Crippen LogP contribution >= 0.6 is 0 Å². The highest BCUT2D eigenvalue weighted by Crippen LogP contribution is 2.24. The van der Waals surface area contributed by atoms with Crippen molar-refractivity contribution in [2.24, 2.45) is 0 Å². The first kappa shape index (κ1) is 14.9. The fourth-order valence-electron chi connectivity index (χ4n) is 2.05. The third-order valence-corrected chi connectivity index (χ3v) is 3.34. The van der Waals surface area contributed by atoms with E-state index in [1.54, 1.807) is 6.07 Å². The lowest BCUT2D eigenvalue weighted by atomic mass is 10.1. The Morgan fingerprint density at radius 3 is 2.52 bits per heavy atom. The van der Waals surface area contributed by atoms with Crippen LogP contribution in [0.4, 0.5) is 11.4 Å². The molecule has 2 aromatic carbocycles. The molecule has 0 heterocycles. The number of hydrogen-bond acceptors (Lipinski definition) is 3. The van der Waals surface area contributed by atoms with Crippen LogP contribution in [-0.4, -0.2) is 12.5 Å². The largest absolute Gasteiger partial charge is 0.483 e. The molecule has 0 aliphatic heterocycles. The van der Waals surface area contributed by atoms with Crippen LogP contribution in [0.1, 0.15) is 16.7 Å². The van der Waals surface area contributed by atoms with Gasteiger partial charge in [0.2, 0.25) is 0 Å². The number of ether oxygens (including phenoxy) is 1. The zero-order chi connectivity index (χ0) is 15.4. The summed E-state index contributed by atoms with van der Waals surface area (Å²) >= 11 is 0. The second-order valence-corrected chi connectivity index (χ2v) is 5.13. The Labute approximate surface area is 124 Å². The third-order valence-electron chi connectivity index (χ3n) is 3.34. The predicted octanol–water partition coefficient (Wildman–Crippen LogP) is 3.21. The van der Waals surface area contributed by atoms with E-state index in [-0.39, 0.29) is 12.5 Å². The summed E-state index contributed by atoms with van der Waals surface area (Å²) in [5, 5.41) is 2.83. The molecule has 1 amide bonds. The van der Waals surface area contributed by atoms with Crippen molar-refractivity contribution in [3.8, 4) is 5.75 Å². The number of amides is 1. The van der Waals surface area contributed by atoms with E-state index in [0.717, 1.165) is 22.4 Å². The van der Waals surface area contributed by atoms with E-state index in [4.69, 9.17) is 10.5 Å². The average Bonchev–Trinajstić information content (AvgIpc) is 2.44. The smallest absolute Gasteiger partial charge is 0.262 e. The van der Waals surface area contributed by atoms with Crippen molar-refractivity contribution in [3.05, 3.63) is 53.1 Å². The predicted molar refractivity (Wildman–Crippen MR) is 85.6 cm³/mol. The summed E-state index contributed by atoms with van der Waals surface area (Å²) in [6, 6.07) is 11.3. The zero-order valence-electron chi connectivity index (χ0n) is 12.6. The molecule has 0 saturated heterocycles. The zero-order valence-corrected chi connectivity index (χ0v) is 12.6. The van der Waals surface area contributed by atoms with Gasteiger partial charge in [-0.15, -0.1) is 0 Å². The fraction of sp³-hybridized carbons (Fsp3) is 0.235. The van der Waals surface area contributed by atoms with Crippen LogP contribution < -0.4 is 15.8 Å². The van der Waals surface area contributed by atoms with E-state index in [2.05, 4.69) is 5.32 Å². The lowest BCUT2D eigenvalue weighted by Crippen LogP contribution is -2.21. The van der Waals surface area contributed by atoms with Gasteiger partial charge in [0.05, 0.1) is 0 Å². The van der Waals surface area contributed by atoms with Crippen LogP contribution in [0.25, 0.3) is 0 Å². The molecule has 0 radical (unpaired) electrons. The van der Waals surface area contributed by atoms with Gasteiger partial charge in [0.15, 0.2) is 6.61 Å². The molecule has 0 atom stereocenters. The molecule has 3 N–H and O–H groups in total. The lowest BCUT2D eigenvalue weighted by molar-refractivity contribution is -0.118. The summed E-state index contributed by atoms with van der Waals surface area (Å²) in [5.74, 6) is 0.445. The van der Waals surface area contributed by atoms with Crippen LogP contribution in [-0.2, 0) is 4.79 Å². The number of anilines is 2. The maximum absolute atomic E-state index is 11.9. The van der Waals surface area contributed by atoms with Gasteiger partial charge in [-0.3, -0.25) is 4.79 Å². The summed E-state index contributed by atoms with van der Waals surface area (Å²) in [6.07, 6.45) is 0. The van der Waals surface area contributed by atoms with Gasteiger partial charge >= 0.3 is 0 Å². The fourth-order valence-corrected chi connectivity index (χ4v) is 2.05. The first-order valence-electron chi connectivity index (χ1n) is 6.82. The minimum absolute atomic E-state index is 0.0440. The van der Waals surface area contributed by atoms with Crippen molar-refractivity contribution in [1.82, 2.24) is 0 Å². The van der Waals surface area contributed by atoms with E-state index >= 15 is 0 Å². The molecule has 0 aliphatic carbocycles. The second-order valence-electron chi connectivity index (χ2n) is 5.13. The Morgan fingerprint density at radius 1 is 1.10 bits per heavy atom. The number of para-hydroxylation sites is 1. The molecule has 0 bridgehead atoms. The number of nitrogens with one attached hydrogen (secondary N) is 1. The SMILES string of the molecule is Cc1cc(C)c(OCC(=O)Nc2ccccc2C)cc1N. The number of carbonyl (C=O) groups excluding carboxylic acids is 1. The van der Waals surface area contributed by atoms with Crippen molar-refractivity contribution < 1.29 is 9.53 Å². The van der Waals surface area contributed by atoms with Gasteiger partial charge in [-0.25, -0.2) is 0 Å². The molecule has 4 nitrogen and oxygen atoms in total. The average molecular weight is 284 g/mol. The number of aryl methyl sites for hydroxylation is 3. The molecule has 0 spiro atoms. The van der Waals surface area contributed by atoms with Crippen LogP contribution in [0.15, 0.2) is 36.4 Å². The standard InChI is InChI=1S/C17H20N2O2/c1-11-6-4-5-7-15(11)19-17(20)10-21-16-9-14(18)12(2)8-13(16)3/h4-9H,10,18H2,1-3H3,(H,19,20). The molecule has 0 unspecified atom stereocenters. The van der Waals surface area contributed by atoms with E-state index in [1.165, 1.54) is 0 Å². The van der Waals surface area contributed by atoms with Crippen molar-refractivity contribution in [3.63, 3.8) is 0 Å². The van der Waals surface area contributed by atoms with Crippen molar-refractivity contribution in [1.29, 1.82) is 0 Å².